The molecule has 1 aliphatic heterocycles. The van der Waals surface area contributed by atoms with Gasteiger partial charge in [-0.05, 0) is 12.1 Å². The molecule has 0 fully saturated rings. The highest BCUT2D eigenvalue weighted by Gasteiger charge is 2.28. The highest BCUT2D eigenvalue weighted by molar-refractivity contribution is 5.98. The minimum atomic E-state index is -1.15. The second-order valence-electron chi connectivity index (χ2n) is 4.91. The summed E-state index contributed by atoms with van der Waals surface area (Å²) < 4.78 is 0. The number of likely N-dealkylation sites (N-methyl/N-ethyl adjacent to an activating group) is 1. The molecule has 0 bridgehead atoms. The van der Waals surface area contributed by atoms with Gasteiger partial charge in [0.2, 0.25) is 0 Å². The molecule has 1 aromatic carbocycles. The third kappa shape index (κ3) is 3.25. The summed E-state index contributed by atoms with van der Waals surface area (Å²) in [5, 5.41) is 20.4. The molecule has 1 atom stereocenters. The van der Waals surface area contributed by atoms with Crippen LogP contribution in [0.15, 0.2) is 24.3 Å². The normalized spacial score (nSPS) is 15.3. The Kier molecular flexibility index (Phi) is 4.64. The number of fused-ring (bicyclic) bond motifs is 1. The number of benzene rings is 1. The summed E-state index contributed by atoms with van der Waals surface area (Å²) in [6, 6.07) is 5.91. The fourth-order valence-corrected chi connectivity index (χ4v) is 2.33. The standard InChI is InChI=1S/C14H19N3O4/c1-16-7-8-17(12-5-3-2-4-11(12)16)14(21)15-10(6-9-18)13(19)20/h2-5,10,18H,6-9H2,1H3,(H,15,21)(H,19,20)/t10-/m0/s1. The Balaban J connectivity index is 2.17. The number of hydrogen-bond donors (Lipinski definition) is 3. The van der Waals surface area contributed by atoms with Gasteiger partial charge in [-0.1, -0.05) is 12.1 Å². The van der Waals surface area contributed by atoms with Crippen LogP contribution in [-0.4, -0.2) is 55.0 Å². The number of nitrogens with zero attached hydrogens (tertiary/aromatic N) is 2. The van der Waals surface area contributed by atoms with E-state index in [1.165, 1.54) is 4.90 Å². The summed E-state index contributed by atoms with van der Waals surface area (Å²) >= 11 is 0. The first-order valence-corrected chi connectivity index (χ1v) is 6.76. The van der Waals surface area contributed by atoms with E-state index in [-0.39, 0.29) is 13.0 Å². The average molecular weight is 293 g/mol. The largest absolute Gasteiger partial charge is 0.480 e. The van der Waals surface area contributed by atoms with E-state index in [0.717, 1.165) is 11.4 Å². The van der Waals surface area contributed by atoms with E-state index in [4.69, 9.17) is 10.2 Å². The average Bonchev–Trinajstić information content (AvgIpc) is 2.47. The number of urea groups is 1. The van der Waals surface area contributed by atoms with Gasteiger partial charge in [0, 0.05) is 33.2 Å². The molecular formula is C14H19N3O4. The molecule has 0 aromatic heterocycles. The molecule has 0 spiro atoms. The van der Waals surface area contributed by atoms with Crippen LogP contribution < -0.4 is 15.1 Å². The van der Waals surface area contributed by atoms with Crippen molar-refractivity contribution in [1.29, 1.82) is 0 Å². The lowest BCUT2D eigenvalue weighted by molar-refractivity contribution is -0.139. The zero-order chi connectivity index (χ0) is 15.4. The number of carbonyl (C=O) groups excluding carboxylic acids is 1. The van der Waals surface area contributed by atoms with Crippen molar-refractivity contribution in [3.05, 3.63) is 24.3 Å². The van der Waals surface area contributed by atoms with E-state index in [1.54, 1.807) is 0 Å². The summed E-state index contributed by atoms with van der Waals surface area (Å²) in [5.74, 6) is -1.15. The molecule has 1 heterocycles. The molecule has 2 rings (SSSR count). The van der Waals surface area contributed by atoms with Crippen LogP contribution in [0.5, 0.6) is 0 Å². The SMILES string of the molecule is CN1CCN(C(=O)N[C@@H](CCO)C(=O)O)c2ccccc21. The molecule has 7 heteroatoms. The first kappa shape index (κ1) is 15.1. The van der Waals surface area contributed by atoms with Crippen LogP contribution in [0.1, 0.15) is 6.42 Å². The van der Waals surface area contributed by atoms with Gasteiger partial charge in [-0.25, -0.2) is 9.59 Å². The molecule has 114 valence electrons. The molecule has 1 aromatic rings. The number of aliphatic hydroxyl groups is 1. The molecule has 0 unspecified atom stereocenters. The molecule has 0 saturated carbocycles. The van der Waals surface area contributed by atoms with Crippen molar-refractivity contribution in [1.82, 2.24) is 5.32 Å². The number of nitrogens with one attached hydrogen (secondary N) is 1. The van der Waals surface area contributed by atoms with Crippen molar-refractivity contribution in [2.45, 2.75) is 12.5 Å². The zero-order valence-electron chi connectivity index (χ0n) is 11.8. The van der Waals surface area contributed by atoms with Crippen molar-refractivity contribution >= 4 is 23.4 Å². The maximum absolute atomic E-state index is 12.3. The number of aliphatic hydroxyl groups excluding tert-OH is 1. The van der Waals surface area contributed by atoms with E-state index in [9.17, 15) is 9.59 Å². The van der Waals surface area contributed by atoms with E-state index in [1.807, 2.05) is 36.2 Å². The third-order valence-corrected chi connectivity index (χ3v) is 3.50. The van der Waals surface area contributed by atoms with Gasteiger partial charge in [0.1, 0.15) is 6.04 Å². The molecule has 2 amide bonds. The first-order valence-electron chi connectivity index (χ1n) is 6.76. The van der Waals surface area contributed by atoms with Crippen molar-refractivity contribution < 1.29 is 19.8 Å². The van der Waals surface area contributed by atoms with Crippen LogP contribution in [0, 0.1) is 0 Å². The fraction of sp³-hybridized carbons (Fsp3) is 0.429. The maximum Gasteiger partial charge on any atom is 0.326 e. The third-order valence-electron chi connectivity index (χ3n) is 3.50. The smallest absolute Gasteiger partial charge is 0.326 e. The number of carboxylic acid groups (broad SMARTS) is 1. The number of carbonyl (C=O) groups is 2. The molecule has 21 heavy (non-hydrogen) atoms. The summed E-state index contributed by atoms with van der Waals surface area (Å²) in [4.78, 5) is 26.9. The molecule has 7 nitrogen and oxygen atoms in total. The minimum Gasteiger partial charge on any atom is -0.480 e. The zero-order valence-corrected chi connectivity index (χ0v) is 11.8. The number of amides is 2. The van der Waals surface area contributed by atoms with E-state index < -0.39 is 18.0 Å². The Bertz CT molecular complexity index is 535. The lowest BCUT2D eigenvalue weighted by atomic mass is 10.1. The van der Waals surface area contributed by atoms with Crippen molar-refractivity contribution in [3.8, 4) is 0 Å². The predicted molar refractivity (Wildman–Crippen MR) is 78.7 cm³/mol. The summed E-state index contributed by atoms with van der Waals surface area (Å²) in [5.41, 5.74) is 1.67. The Morgan fingerprint density at radius 3 is 2.57 bits per heavy atom. The predicted octanol–water partition coefficient (Wildman–Crippen LogP) is 0.488. The van der Waals surface area contributed by atoms with Gasteiger partial charge in [0.25, 0.3) is 0 Å². The van der Waals surface area contributed by atoms with Gasteiger partial charge < -0.3 is 20.4 Å². The van der Waals surface area contributed by atoms with Gasteiger partial charge in [0.05, 0.1) is 11.4 Å². The second-order valence-corrected chi connectivity index (χ2v) is 4.91. The van der Waals surface area contributed by atoms with E-state index >= 15 is 0 Å². The van der Waals surface area contributed by atoms with Gasteiger partial charge in [-0.15, -0.1) is 0 Å². The van der Waals surface area contributed by atoms with Crippen LogP contribution in [0.3, 0.4) is 0 Å². The Hall–Kier alpha value is -2.28. The maximum atomic E-state index is 12.3. The molecule has 1 aliphatic rings. The highest BCUT2D eigenvalue weighted by atomic mass is 16.4. The van der Waals surface area contributed by atoms with Gasteiger partial charge in [-0.2, -0.15) is 0 Å². The van der Waals surface area contributed by atoms with E-state index in [2.05, 4.69) is 5.32 Å². The highest BCUT2D eigenvalue weighted by Crippen LogP contribution is 2.31. The molecule has 3 N–H and O–H groups in total. The lowest BCUT2D eigenvalue weighted by Gasteiger charge is -2.36. The van der Waals surface area contributed by atoms with Crippen molar-refractivity contribution in [2.24, 2.45) is 0 Å². The van der Waals surface area contributed by atoms with Crippen molar-refractivity contribution in [2.75, 3.05) is 36.5 Å². The van der Waals surface area contributed by atoms with Crippen LogP contribution in [0.25, 0.3) is 0 Å². The summed E-state index contributed by atoms with van der Waals surface area (Å²) in [6.07, 6.45) is -0.0174. The summed E-state index contributed by atoms with van der Waals surface area (Å²) in [6.45, 7) is 0.851. The van der Waals surface area contributed by atoms with Crippen molar-refractivity contribution in [3.63, 3.8) is 0 Å². The van der Waals surface area contributed by atoms with Crippen LogP contribution in [-0.2, 0) is 4.79 Å². The Labute approximate surface area is 122 Å². The molecular weight excluding hydrogens is 274 g/mol. The first-order chi connectivity index (χ1) is 10.0. The molecule has 0 radical (unpaired) electrons. The molecule has 0 aliphatic carbocycles. The topological polar surface area (TPSA) is 93.1 Å². The Morgan fingerprint density at radius 1 is 1.29 bits per heavy atom. The number of hydrogen-bond acceptors (Lipinski definition) is 4. The minimum absolute atomic E-state index is 0.0174. The number of anilines is 2. The van der Waals surface area contributed by atoms with E-state index in [0.29, 0.717) is 13.1 Å². The van der Waals surface area contributed by atoms with Gasteiger partial charge >= 0.3 is 12.0 Å². The number of rotatable bonds is 4. The molecule has 0 saturated heterocycles. The monoisotopic (exact) mass is 293 g/mol. The van der Waals surface area contributed by atoms with Gasteiger partial charge in [-0.3, -0.25) is 4.90 Å². The number of para-hydroxylation sites is 2. The lowest BCUT2D eigenvalue weighted by Crippen LogP contribution is -2.52. The number of aliphatic carboxylic acids is 1. The van der Waals surface area contributed by atoms with Crippen LogP contribution in [0.2, 0.25) is 0 Å². The summed E-state index contributed by atoms with van der Waals surface area (Å²) in [7, 11) is 1.94. The Morgan fingerprint density at radius 2 is 1.95 bits per heavy atom. The quantitative estimate of drug-likeness (QED) is 0.751. The second kappa shape index (κ2) is 6.45. The van der Waals surface area contributed by atoms with Crippen LogP contribution in [0.4, 0.5) is 16.2 Å². The number of carboxylic acids is 1. The van der Waals surface area contributed by atoms with Crippen LogP contribution >= 0.6 is 0 Å². The van der Waals surface area contributed by atoms with Gasteiger partial charge in [0.15, 0.2) is 0 Å². The fourth-order valence-electron chi connectivity index (χ4n) is 2.33.